The molecule has 0 aliphatic carbocycles. The first-order valence-electron chi connectivity index (χ1n) is 26.9. The summed E-state index contributed by atoms with van der Waals surface area (Å²) in [5, 5.41) is 39.7. The van der Waals surface area contributed by atoms with E-state index in [1.165, 1.54) is 56.5 Å². The fourth-order valence-corrected chi connectivity index (χ4v) is 10.4. The quantitative estimate of drug-likeness (QED) is 0.0586. The first-order chi connectivity index (χ1) is 38.7. The minimum Gasteiger partial charge on any atom is -0.495 e. The second-order valence-corrected chi connectivity index (χ2v) is 22.2. The number of nitrogens with one attached hydrogen (secondary N) is 6. The lowest BCUT2D eigenvalue weighted by Crippen LogP contribution is -2.64. The van der Waals surface area contributed by atoms with Crippen molar-refractivity contribution in [3.8, 4) is 5.75 Å². The van der Waals surface area contributed by atoms with Crippen molar-refractivity contribution in [2.45, 2.75) is 135 Å². The van der Waals surface area contributed by atoms with Crippen molar-refractivity contribution >= 4 is 98.3 Å². The Morgan fingerprint density at radius 2 is 1.67 bits per heavy atom. The number of nitrogens with zero attached hydrogens (tertiary/aromatic N) is 2. The lowest BCUT2D eigenvalue weighted by molar-refractivity contribution is -0.152. The predicted octanol–water partition coefficient (Wildman–Crippen LogP) is 5.47. The standard InChI is InChI=1S/C56H75BrClN9O15/c1-30(2)49(64-44(68)17-10-9-11-23-67-45(69)20-21-46(67)70)52(74)63-38(15-13-22-60-53(59)75)51(73)62-37-19-18-35(27-36(37)57)61-54(76)81-40-28-47(71)66(6)39-25-34(26-41(79-7)48(39)58)24-31(3)14-12-16-43(80-8)56(78)29-42(82-55(77)65-56)33(5)50(72)32(40)4/h12,14,16,18-21,25-27,30,32-33,38,40,42-43,49-50,72,78H,9-11,13,15,17,22-24,28-29H2,1-8H3,(H,61,76)(H,62,73)(H,63,74)(H,64,68)(H,65,77)(H3,59,60,75)/b16-12+,31-14+/t32-,33-,38+,40+,42+,43-,49+,50-,56+/m1/s1. The molecule has 4 bridgehead atoms. The van der Waals surface area contributed by atoms with E-state index in [0.29, 0.717) is 37.1 Å². The Morgan fingerprint density at radius 1 is 0.963 bits per heavy atom. The number of amides is 10. The van der Waals surface area contributed by atoms with Crippen LogP contribution in [0.25, 0.3) is 0 Å². The zero-order chi connectivity index (χ0) is 60.6. The molecule has 0 spiro atoms. The van der Waals surface area contributed by atoms with E-state index in [4.69, 9.17) is 36.3 Å². The van der Waals surface area contributed by atoms with Gasteiger partial charge >= 0.3 is 18.2 Å². The van der Waals surface area contributed by atoms with Crippen LogP contribution < -0.4 is 47.3 Å². The van der Waals surface area contributed by atoms with Gasteiger partial charge in [0.2, 0.25) is 23.6 Å². The highest BCUT2D eigenvalue weighted by Gasteiger charge is 2.48. The number of fused-ring (bicyclic) bond motifs is 4. The van der Waals surface area contributed by atoms with Gasteiger partial charge in [0.15, 0.2) is 5.72 Å². The number of hydrogen-bond acceptors (Lipinski definition) is 15. The molecule has 3 aliphatic rings. The normalized spacial score (nSPS) is 24.0. The summed E-state index contributed by atoms with van der Waals surface area (Å²) in [4.78, 5) is 120. The zero-order valence-corrected chi connectivity index (χ0v) is 49.5. The summed E-state index contributed by atoms with van der Waals surface area (Å²) in [7, 11) is 4.31. The number of urea groups is 1. The van der Waals surface area contributed by atoms with E-state index in [1.807, 2.05) is 6.92 Å². The third kappa shape index (κ3) is 18.2. The molecule has 2 aromatic carbocycles. The second kappa shape index (κ2) is 30.3. The molecule has 1 fully saturated rings. The average molecular weight is 1230 g/mol. The van der Waals surface area contributed by atoms with Gasteiger partial charge in [-0.3, -0.25) is 44.3 Å². The van der Waals surface area contributed by atoms with Gasteiger partial charge in [-0.15, -0.1) is 0 Å². The third-order valence-electron chi connectivity index (χ3n) is 14.4. The van der Waals surface area contributed by atoms with E-state index in [-0.39, 0.29) is 71.5 Å². The Bertz CT molecular complexity index is 2780. The van der Waals surface area contributed by atoms with Crippen LogP contribution in [-0.2, 0) is 49.4 Å². The Balaban J connectivity index is 1.32. The highest BCUT2D eigenvalue weighted by Crippen LogP contribution is 2.38. The molecule has 24 nitrogen and oxygen atoms in total. The molecular formula is C56H75BrClN9O15. The van der Waals surface area contributed by atoms with Gasteiger partial charge in [-0.1, -0.05) is 69.5 Å². The van der Waals surface area contributed by atoms with Crippen LogP contribution in [0.2, 0.25) is 5.02 Å². The molecule has 0 radical (unpaired) electrons. The second-order valence-electron chi connectivity index (χ2n) is 20.9. The highest BCUT2D eigenvalue weighted by atomic mass is 79.9. The first kappa shape index (κ1) is 65.7. The number of aliphatic hydroxyl groups excluding tert-OH is 1. The van der Waals surface area contributed by atoms with Gasteiger partial charge in [0.05, 0.1) is 31.0 Å². The molecule has 10 amide bonds. The van der Waals surface area contributed by atoms with Gasteiger partial charge in [-0.25, -0.2) is 14.4 Å². The fourth-order valence-electron chi connectivity index (χ4n) is 9.60. The van der Waals surface area contributed by atoms with Crippen molar-refractivity contribution in [1.29, 1.82) is 0 Å². The van der Waals surface area contributed by atoms with E-state index < -0.39 is 108 Å². The highest BCUT2D eigenvalue weighted by molar-refractivity contribution is 9.10. The fraction of sp³-hybridized carbons (Fsp3) is 0.518. The van der Waals surface area contributed by atoms with Crippen LogP contribution in [-0.4, -0.2) is 145 Å². The molecule has 26 heteroatoms. The summed E-state index contributed by atoms with van der Waals surface area (Å²) in [6, 6.07) is 4.81. The van der Waals surface area contributed by atoms with Crippen molar-refractivity contribution in [1.82, 2.24) is 26.2 Å². The van der Waals surface area contributed by atoms with Crippen molar-refractivity contribution in [3.05, 3.63) is 81.3 Å². The number of halogens is 2. The zero-order valence-electron chi connectivity index (χ0n) is 47.2. The Kier molecular flexibility index (Phi) is 24.3. The number of alkyl carbamates (subject to hydrolysis) is 1. The maximum atomic E-state index is 14.3. The Hall–Kier alpha value is -7.06. The minimum atomic E-state index is -1.97. The molecule has 3 heterocycles. The smallest absolute Gasteiger partial charge is 0.411 e. The van der Waals surface area contributed by atoms with Crippen LogP contribution in [0.15, 0.2) is 70.8 Å². The average Bonchev–Trinajstić information content (AvgIpc) is 3.77. The molecule has 9 atom stereocenters. The van der Waals surface area contributed by atoms with Gasteiger partial charge in [0.1, 0.15) is 41.2 Å². The molecule has 0 saturated carbocycles. The number of allylic oxidation sites excluding steroid dienone is 3. The number of hydrogen-bond donors (Lipinski definition) is 9. The first-order valence-corrected chi connectivity index (χ1v) is 28.1. The van der Waals surface area contributed by atoms with Crippen molar-refractivity contribution in [2.24, 2.45) is 23.5 Å². The number of primary amides is 1. The van der Waals surface area contributed by atoms with Crippen molar-refractivity contribution in [2.75, 3.05) is 49.9 Å². The molecule has 0 aromatic heterocycles. The number of unbranched alkanes of at least 4 members (excludes halogenated alkanes) is 2. The van der Waals surface area contributed by atoms with Crippen LogP contribution in [0.4, 0.5) is 31.4 Å². The number of anilines is 3. The number of benzene rings is 2. The van der Waals surface area contributed by atoms with Crippen LogP contribution >= 0.6 is 27.5 Å². The van der Waals surface area contributed by atoms with Gasteiger partial charge in [0, 0.05) is 74.2 Å². The summed E-state index contributed by atoms with van der Waals surface area (Å²) in [6.07, 6.45) is 2.01. The molecule has 2 aromatic rings. The Labute approximate surface area is 489 Å². The number of nitrogens with two attached hydrogens (primary N) is 1. The van der Waals surface area contributed by atoms with E-state index in [0.717, 1.165) is 16.0 Å². The van der Waals surface area contributed by atoms with Crippen molar-refractivity contribution in [3.63, 3.8) is 0 Å². The van der Waals surface area contributed by atoms with Crippen LogP contribution in [0.1, 0.15) is 91.5 Å². The van der Waals surface area contributed by atoms with E-state index in [9.17, 15) is 53.4 Å². The van der Waals surface area contributed by atoms with Gasteiger partial charge in [0.25, 0.3) is 11.8 Å². The number of carbonyl (C=O) groups is 9. The van der Waals surface area contributed by atoms with E-state index >= 15 is 0 Å². The summed E-state index contributed by atoms with van der Waals surface area (Å²) in [6.45, 7) is 8.78. The van der Waals surface area contributed by atoms with E-state index in [2.05, 4.69) is 47.8 Å². The third-order valence-corrected chi connectivity index (χ3v) is 15.4. The Morgan fingerprint density at radius 3 is 2.32 bits per heavy atom. The maximum Gasteiger partial charge on any atom is 0.411 e. The number of ether oxygens (including phenoxy) is 4. The minimum absolute atomic E-state index is 0.0324. The molecular weight excluding hydrogens is 1150 g/mol. The molecule has 1 saturated heterocycles. The molecule has 82 heavy (non-hydrogen) atoms. The topological polar surface area (TPSA) is 336 Å². The lowest BCUT2D eigenvalue weighted by atomic mass is 9.81. The number of rotatable bonds is 20. The predicted molar refractivity (Wildman–Crippen MR) is 307 cm³/mol. The van der Waals surface area contributed by atoms with Crippen LogP contribution in [0.3, 0.4) is 0 Å². The van der Waals surface area contributed by atoms with Crippen LogP contribution in [0, 0.1) is 17.8 Å². The van der Waals surface area contributed by atoms with Gasteiger partial charge in [-0.2, -0.15) is 0 Å². The van der Waals surface area contributed by atoms with Gasteiger partial charge < -0.3 is 61.1 Å². The summed E-state index contributed by atoms with van der Waals surface area (Å²) >= 11 is 10.2. The monoisotopic (exact) mass is 1230 g/mol. The molecule has 10 N–H and O–H groups in total. The van der Waals surface area contributed by atoms with E-state index in [1.54, 1.807) is 58.1 Å². The lowest BCUT2D eigenvalue weighted by Gasteiger charge is -2.43. The summed E-state index contributed by atoms with van der Waals surface area (Å²) in [5.41, 5.74) is 5.52. The van der Waals surface area contributed by atoms with Crippen LogP contribution in [0.5, 0.6) is 5.75 Å². The number of aliphatic hydroxyl groups is 2. The molecule has 448 valence electrons. The maximum absolute atomic E-state index is 14.3. The number of carbonyl (C=O) groups excluding carboxylic acids is 9. The van der Waals surface area contributed by atoms with Gasteiger partial charge in [-0.05, 0) is 96.8 Å². The molecule has 5 rings (SSSR count). The van der Waals surface area contributed by atoms with Crippen molar-refractivity contribution < 1.29 is 72.3 Å². The summed E-state index contributed by atoms with van der Waals surface area (Å²) in [5.74, 6) is -5.10. The number of imide groups is 1. The number of methoxy groups -OCH3 is 2. The SMILES string of the molecule is COc1cc2cc(c1Cl)N(C)C(=O)C[C@H](OC(=O)Nc1ccc(NC(=O)[C@H](CCCNC(N)=O)NC(=O)[C@@H](NC(=O)CCCCCN3C(=O)C=CC3=O)C(C)C)c(Br)c1)[C@@H](C)[C@@H](O)[C@H](C)[C@@H]1C[C@@](O)(NC(=O)O1)[C@H](OC)/C=C/C=C(\C)C2. The summed E-state index contributed by atoms with van der Waals surface area (Å²) < 4.78 is 23.1. The largest absolute Gasteiger partial charge is 0.495 e. The molecule has 0 unspecified atom stereocenters. The molecule has 3 aliphatic heterocycles.